The average molecular weight is 224 g/mol. The fourth-order valence-electron chi connectivity index (χ4n) is 1.92. The van der Waals surface area contributed by atoms with Crippen LogP contribution in [0.15, 0.2) is 43.0 Å². The summed E-state index contributed by atoms with van der Waals surface area (Å²) >= 11 is 0. The van der Waals surface area contributed by atoms with E-state index >= 15 is 0 Å². The molecule has 1 aromatic carbocycles. The van der Waals surface area contributed by atoms with Gasteiger partial charge in [0, 0.05) is 12.1 Å². The molecular weight excluding hydrogens is 212 g/mol. The second-order valence-electron chi connectivity index (χ2n) is 3.79. The number of aryl methyl sites for hydroxylation is 1. The number of fused-ring (bicyclic) bond motifs is 1. The number of benzene rings is 1. The lowest BCUT2D eigenvalue weighted by Gasteiger charge is -2.01. The molecular formula is C13H12N4. The van der Waals surface area contributed by atoms with Crippen LogP contribution in [0.25, 0.3) is 22.4 Å². The molecule has 0 saturated heterocycles. The van der Waals surface area contributed by atoms with Gasteiger partial charge in [-0.25, -0.2) is 15.0 Å². The first kappa shape index (κ1) is 9.96. The van der Waals surface area contributed by atoms with E-state index in [1.54, 1.807) is 6.33 Å². The maximum Gasteiger partial charge on any atom is 0.163 e. The highest BCUT2D eigenvalue weighted by molar-refractivity contribution is 5.86. The lowest BCUT2D eigenvalue weighted by atomic mass is 10.1. The highest BCUT2D eigenvalue weighted by atomic mass is 15.1. The van der Waals surface area contributed by atoms with Gasteiger partial charge in [0.25, 0.3) is 0 Å². The summed E-state index contributed by atoms with van der Waals surface area (Å²) in [5, 5.41) is 0. The fourth-order valence-corrected chi connectivity index (χ4v) is 1.92. The van der Waals surface area contributed by atoms with Gasteiger partial charge in [-0.15, -0.1) is 0 Å². The van der Waals surface area contributed by atoms with E-state index in [0.717, 1.165) is 29.0 Å². The number of nitrogens with zero attached hydrogens (tertiary/aromatic N) is 4. The Hall–Kier alpha value is -2.23. The SMILES string of the molecule is CCn1cnc2c(-c3ccccc3)ncnc21. The molecule has 3 aromatic rings. The monoisotopic (exact) mass is 224 g/mol. The number of imidazole rings is 1. The van der Waals surface area contributed by atoms with Crippen molar-refractivity contribution in [3.63, 3.8) is 0 Å². The molecule has 4 heteroatoms. The predicted molar refractivity (Wildman–Crippen MR) is 66.4 cm³/mol. The normalized spacial score (nSPS) is 10.9. The summed E-state index contributed by atoms with van der Waals surface area (Å²) < 4.78 is 2.02. The smallest absolute Gasteiger partial charge is 0.163 e. The van der Waals surface area contributed by atoms with Gasteiger partial charge in [0.1, 0.15) is 17.5 Å². The third-order valence-corrected chi connectivity index (χ3v) is 2.79. The van der Waals surface area contributed by atoms with E-state index in [1.165, 1.54) is 0 Å². The molecule has 0 amide bonds. The fraction of sp³-hybridized carbons (Fsp3) is 0.154. The molecule has 0 aliphatic rings. The topological polar surface area (TPSA) is 43.6 Å². The Bertz CT molecular complexity index is 643. The number of aromatic nitrogens is 4. The van der Waals surface area contributed by atoms with Crippen LogP contribution < -0.4 is 0 Å². The van der Waals surface area contributed by atoms with Crippen LogP contribution in [0.1, 0.15) is 6.92 Å². The van der Waals surface area contributed by atoms with E-state index in [0.29, 0.717) is 0 Å². The van der Waals surface area contributed by atoms with Crippen LogP contribution in [-0.2, 0) is 6.54 Å². The summed E-state index contributed by atoms with van der Waals surface area (Å²) in [7, 11) is 0. The van der Waals surface area contributed by atoms with Crippen molar-refractivity contribution in [3.05, 3.63) is 43.0 Å². The van der Waals surface area contributed by atoms with E-state index in [9.17, 15) is 0 Å². The number of hydrogen-bond donors (Lipinski definition) is 0. The van der Waals surface area contributed by atoms with Gasteiger partial charge in [-0.05, 0) is 6.92 Å². The van der Waals surface area contributed by atoms with Gasteiger partial charge in [0.2, 0.25) is 0 Å². The van der Waals surface area contributed by atoms with E-state index in [2.05, 4.69) is 21.9 Å². The highest BCUT2D eigenvalue weighted by Crippen LogP contribution is 2.23. The third kappa shape index (κ3) is 1.58. The van der Waals surface area contributed by atoms with Crippen molar-refractivity contribution in [2.24, 2.45) is 0 Å². The molecule has 0 spiro atoms. The Morgan fingerprint density at radius 3 is 2.65 bits per heavy atom. The van der Waals surface area contributed by atoms with Crippen molar-refractivity contribution in [3.8, 4) is 11.3 Å². The molecule has 0 bridgehead atoms. The summed E-state index contributed by atoms with van der Waals surface area (Å²) in [6.07, 6.45) is 3.41. The minimum Gasteiger partial charge on any atom is -0.315 e. The second kappa shape index (κ2) is 3.97. The van der Waals surface area contributed by atoms with E-state index in [1.807, 2.05) is 41.2 Å². The summed E-state index contributed by atoms with van der Waals surface area (Å²) in [6.45, 7) is 2.94. The Morgan fingerprint density at radius 1 is 1.06 bits per heavy atom. The minimum atomic E-state index is 0.862. The van der Waals surface area contributed by atoms with Crippen LogP contribution in [0.5, 0.6) is 0 Å². The first-order valence-corrected chi connectivity index (χ1v) is 5.61. The largest absolute Gasteiger partial charge is 0.315 e. The minimum absolute atomic E-state index is 0.862. The second-order valence-corrected chi connectivity index (χ2v) is 3.79. The van der Waals surface area contributed by atoms with Crippen LogP contribution in [0.2, 0.25) is 0 Å². The van der Waals surface area contributed by atoms with Crippen LogP contribution in [0.4, 0.5) is 0 Å². The van der Waals surface area contributed by atoms with Gasteiger partial charge >= 0.3 is 0 Å². The van der Waals surface area contributed by atoms with Crippen molar-refractivity contribution < 1.29 is 0 Å². The zero-order chi connectivity index (χ0) is 11.7. The Morgan fingerprint density at radius 2 is 1.88 bits per heavy atom. The van der Waals surface area contributed by atoms with Crippen molar-refractivity contribution in [1.82, 2.24) is 19.5 Å². The molecule has 17 heavy (non-hydrogen) atoms. The Labute approximate surface area is 99.0 Å². The molecule has 4 nitrogen and oxygen atoms in total. The third-order valence-electron chi connectivity index (χ3n) is 2.79. The molecule has 0 fully saturated rings. The van der Waals surface area contributed by atoms with Crippen LogP contribution >= 0.6 is 0 Å². The number of rotatable bonds is 2. The zero-order valence-electron chi connectivity index (χ0n) is 9.54. The van der Waals surface area contributed by atoms with Crippen LogP contribution in [0.3, 0.4) is 0 Å². The van der Waals surface area contributed by atoms with Gasteiger partial charge in [-0.1, -0.05) is 30.3 Å². The average Bonchev–Trinajstić information content (AvgIpc) is 2.82. The summed E-state index contributed by atoms with van der Waals surface area (Å²) in [4.78, 5) is 13.0. The van der Waals surface area contributed by atoms with Gasteiger partial charge in [-0.3, -0.25) is 0 Å². The highest BCUT2D eigenvalue weighted by Gasteiger charge is 2.10. The van der Waals surface area contributed by atoms with Crippen LogP contribution in [0, 0.1) is 0 Å². The van der Waals surface area contributed by atoms with E-state index in [-0.39, 0.29) is 0 Å². The first-order chi connectivity index (χ1) is 8.40. The maximum absolute atomic E-state index is 4.40. The molecule has 2 heterocycles. The van der Waals surface area contributed by atoms with Gasteiger partial charge in [0.15, 0.2) is 5.65 Å². The Kier molecular flexibility index (Phi) is 2.33. The number of hydrogen-bond acceptors (Lipinski definition) is 3. The molecule has 2 aromatic heterocycles. The molecule has 0 N–H and O–H groups in total. The molecule has 0 saturated carbocycles. The van der Waals surface area contributed by atoms with Gasteiger partial charge in [-0.2, -0.15) is 0 Å². The molecule has 0 radical (unpaired) electrons. The predicted octanol–water partition coefficient (Wildman–Crippen LogP) is 2.51. The van der Waals surface area contributed by atoms with E-state index < -0.39 is 0 Å². The summed E-state index contributed by atoms with van der Waals surface area (Å²) in [6, 6.07) is 10.1. The maximum atomic E-state index is 4.40. The van der Waals surface area contributed by atoms with Gasteiger partial charge in [0.05, 0.1) is 6.33 Å². The molecule has 3 rings (SSSR count). The summed E-state index contributed by atoms with van der Waals surface area (Å²) in [5.41, 5.74) is 3.71. The van der Waals surface area contributed by atoms with E-state index in [4.69, 9.17) is 0 Å². The lowest BCUT2D eigenvalue weighted by Crippen LogP contribution is -1.94. The van der Waals surface area contributed by atoms with Crippen molar-refractivity contribution >= 4 is 11.2 Å². The Balaban J connectivity index is 2.28. The molecule has 0 atom stereocenters. The van der Waals surface area contributed by atoms with Crippen molar-refractivity contribution in [2.45, 2.75) is 13.5 Å². The molecule has 0 aliphatic heterocycles. The standard InChI is InChI=1S/C13H12N4/c1-2-17-9-16-12-11(14-8-15-13(12)17)10-6-4-3-5-7-10/h3-9H,2H2,1H3. The lowest BCUT2D eigenvalue weighted by molar-refractivity contribution is 0.777. The summed E-state index contributed by atoms with van der Waals surface area (Å²) in [5.74, 6) is 0. The quantitative estimate of drug-likeness (QED) is 0.671. The van der Waals surface area contributed by atoms with Crippen molar-refractivity contribution in [1.29, 1.82) is 0 Å². The zero-order valence-corrected chi connectivity index (χ0v) is 9.54. The molecule has 84 valence electrons. The molecule has 0 unspecified atom stereocenters. The van der Waals surface area contributed by atoms with Gasteiger partial charge < -0.3 is 4.57 Å². The van der Waals surface area contributed by atoms with Crippen molar-refractivity contribution in [2.75, 3.05) is 0 Å². The molecule has 0 aliphatic carbocycles. The van der Waals surface area contributed by atoms with Crippen LogP contribution in [-0.4, -0.2) is 19.5 Å². The first-order valence-electron chi connectivity index (χ1n) is 5.61.